The van der Waals surface area contributed by atoms with Gasteiger partial charge in [0.15, 0.2) is 0 Å². The molecule has 0 aromatic heterocycles. The van der Waals surface area contributed by atoms with Gasteiger partial charge < -0.3 is 0 Å². The highest BCUT2D eigenvalue weighted by molar-refractivity contribution is 4.82. The van der Waals surface area contributed by atoms with E-state index in [1.165, 1.54) is 116 Å². The Bertz CT molecular complexity index is 327. The molecule has 1 atom stereocenters. The van der Waals surface area contributed by atoms with E-state index in [1.54, 1.807) is 0 Å². The highest BCUT2D eigenvalue weighted by atomic mass is 14.4. The molecule has 202 valence electrons. The third-order valence-electron chi connectivity index (χ3n) is 7.60. The molecule has 33 heavy (non-hydrogen) atoms. The van der Waals surface area contributed by atoms with Gasteiger partial charge in [-0.2, -0.15) is 0 Å². The first-order valence-corrected chi connectivity index (χ1v) is 15.7. The van der Waals surface area contributed by atoms with Gasteiger partial charge in [0.2, 0.25) is 0 Å². The standard InChI is InChI=1S/C24H50.C9H20/c1-8-12-16-21(17-13-9-2)23(20-24(5,6)7)22(18-14-10-3)19-15-11-4;1-4-6-8-9(3)7-5-2/h21-23H,8-20H2,1-7H3;9H,4-8H2,1-3H3. The zero-order valence-electron chi connectivity index (χ0n) is 25.5. The Balaban J connectivity index is 0. The summed E-state index contributed by atoms with van der Waals surface area (Å²) in [4.78, 5) is 0. The molecule has 0 aliphatic heterocycles. The third kappa shape index (κ3) is 22.2. The van der Waals surface area contributed by atoms with Crippen LogP contribution >= 0.6 is 0 Å². The molecule has 0 spiro atoms. The fraction of sp³-hybridized carbons (Fsp3) is 1.00. The molecule has 0 N–H and O–H groups in total. The van der Waals surface area contributed by atoms with Gasteiger partial charge in [0.1, 0.15) is 0 Å². The fourth-order valence-corrected chi connectivity index (χ4v) is 5.63. The predicted octanol–water partition coefficient (Wildman–Crippen LogP) is 12.6. The van der Waals surface area contributed by atoms with E-state index in [-0.39, 0.29) is 0 Å². The van der Waals surface area contributed by atoms with Crippen LogP contribution in [0, 0.1) is 29.1 Å². The van der Waals surface area contributed by atoms with Crippen molar-refractivity contribution >= 4 is 0 Å². The highest BCUT2D eigenvalue weighted by Crippen LogP contribution is 2.42. The minimum Gasteiger partial charge on any atom is -0.0654 e. The van der Waals surface area contributed by atoms with Crippen LogP contribution in [0.15, 0.2) is 0 Å². The maximum Gasteiger partial charge on any atom is -0.0352 e. The van der Waals surface area contributed by atoms with Crippen LogP contribution in [0.3, 0.4) is 0 Å². The van der Waals surface area contributed by atoms with Crippen molar-refractivity contribution < 1.29 is 0 Å². The second kappa shape index (κ2) is 23.7. The molecule has 0 nitrogen and oxygen atoms in total. The molecule has 1 unspecified atom stereocenters. The van der Waals surface area contributed by atoms with Crippen LogP contribution in [0.2, 0.25) is 0 Å². The van der Waals surface area contributed by atoms with Crippen molar-refractivity contribution in [3.05, 3.63) is 0 Å². The van der Waals surface area contributed by atoms with Gasteiger partial charge in [0, 0.05) is 0 Å². The van der Waals surface area contributed by atoms with Crippen molar-refractivity contribution in [2.45, 2.75) is 185 Å². The first-order chi connectivity index (χ1) is 15.7. The van der Waals surface area contributed by atoms with E-state index in [1.807, 2.05) is 0 Å². The molecular weight excluding hydrogens is 396 g/mol. The molecule has 0 heteroatoms. The van der Waals surface area contributed by atoms with Gasteiger partial charge in [-0.05, 0) is 35.5 Å². The molecule has 0 saturated carbocycles. The molecule has 0 aromatic rings. The van der Waals surface area contributed by atoms with E-state index in [2.05, 4.69) is 69.2 Å². The number of unbranched alkanes of at least 4 members (excludes halogenated alkanes) is 5. The number of rotatable bonds is 20. The van der Waals surface area contributed by atoms with Crippen LogP contribution in [0.25, 0.3) is 0 Å². The summed E-state index contributed by atoms with van der Waals surface area (Å²) in [6.07, 6.45) is 25.5. The van der Waals surface area contributed by atoms with Gasteiger partial charge in [-0.3, -0.25) is 0 Å². The lowest BCUT2D eigenvalue weighted by molar-refractivity contribution is 0.120. The summed E-state index contributed by atoms with van der Waals surface area (Å²) in [6, 6.07) is 0. The topological polar surface area (TPSA) is 0 Å². The van der Waals surface area contributed by atoms with Crippen molar-refractivity contribution in [1.29, 1.82) is 0 Å². The van der Waals surface area contributed by atoms with Gasteiger partial charge >= 0.3 is 0 Å². The van der Waals surface area contributed by atoms with Gasteiger partial charge in [-0.25, -0.2) is 0 Å². The molecule has 0 fully saturated rings. The van der Waals surface area contributed by atoms with Gasteiger partial charge in [-0.15, -0.1) is 0 Å². The van der Waals surface area contributed by atoms with Crippen LogP contribution in [-0.4, -0.2) is 0 Å². The van der Waals surface area contributed by atoms with Crippen molar-refractivity contribution in [2.75, 3.05) is 0 Å². The summed E-state index contributed by atoms with van der Waals surface area (Å²) in [5, 5.41) is 0. The molecule has 0 bridgehead atoms. The van der Waals surface area contributed by atoms with Crippen molar-refractivity contribution in [1.82, 2.24) is 0 Å². The van der Waals surface area contributed by atoms with E-state index in [0.717, 1.165) is 23.7 Å². The first kappa shape index (κ1) is 35.2. The highest BCUT2D eigenvalue weighted by Gasteiger charge is 2.31. The monoisotopic (exact) mass is 467 g/mol. The Morgan fingerprint density at radius 2 is 0.788 bits per heavy atom. The van der Waals surface area contributed by atoms with Crippen molar-refractivity contribution in [2.24, 2.45) is 29.1 Å². The Kier molecular flexibility index (Phi) is 25.3. The molecule has 0 amide bonds. The Hall–Kier alpha value is 0. The van der Waals surface area contributed by atoms with Crippen LogP contribution < -0.4 is 0 Å². The predicted molar refractivity (Wildman–Crippen MR) is 156 cm³/mol. The van der Waals surface area contributed by atoms with Gasteiger partial charge in [-0.1, -0.05) is 178 Å². The van der Waals surface area contributed by atoms with E-state index in [4.69, 9.17) is 0 Å². The zero-order valence-corrected chi connectivity index (χ0v) is 25.5. The van der Waals surface area contributed by atoms with Crippen LogP contribution in [-0.2, 0) is 0 Å². The van der Waals surface area contributed by atoms with Crippen LogP contribution in [0.5, 0.6) is 0 Å². The maximum absolute atomic E-state index is 2.47. The summed E-state index contributed by atoms with van der Waals surface area (Å²) < 4.78 is 0. The van der Waals surface area contributed by atoms with Crippen LogP contribution in [0.1, 0.15) is 185 Å². The average molecular weight is 467 g/mol. The number of hydrogen-bond donors (Lipinski definition) is 0. The van der Waals surface area contributed by atoms with Crippen LogP contribution in [0.4, 0.5) is 0 Å². The zero-order chi connectivity index (χ0) is 25.5. The van der Waals surface area contributed by atoms with Gasteiger partial charge in [0.25, 0.3) is 0 Å². The smallest absolute Gasteiger partial charge is 0.0352 e. The third-order valence-corrected chi connectivity index (χ3v) is 7.60. The SMILES string of the molecule is CCCCC(C)CCC.CCCCC(CCCC)C(CC(C)(C)C)C(CCCC)CCCC. The minimum atomic E-state index is 0.470. The lowest BCUT2D eigenvalue weighted by atomic mass is 9.67. The van der Waals surface area contributed by atoms with Gasteiger partial charge in [0.05, 0.1) is 0 Å². The second-order valence-electron chi connectivity index (χ2n) is 12.6. The summed E-state index contributed by atoms with van der Waals surface area (Å²) in [7, 11) is 0. The molecule has 0 saturated heterocycles. The first-order valence-electron chi connectivity index (χ1n) is 15.7. The molecular formula is C33H70. The van der Waals surface area contributed by atoms with Crippen molar-refractivity contribution in [3.8, 4) is 0 Å². The molecule has 0 radical (unpaired) electrons. The molecule has 0 heterocycles. The quantitative estimate of drug-likeness (QED) is 0.167. The maximum atomic E-state index is 2.47. The van der Waals surface area contributed by atoms with E-state index in [0.29, 0.717) is 5.41 Å². The molecule has 0 aromatic carbocycles. The average Bonchev–Trinajstić information content (AvgIpc) is 2.77. The Morgan fingerprint density at radius 3 is 1.06 bits per heavy atom. The Morgan fingerprint density at radius 1 is 0.455 bits per heavy atom. The number of hydrogen-bond acceptors (Lipinski definition) is 0. The fourth-order valence-electron chi connectivity index (χ4n) is 5.63. The largest absolute Gasteiger partial charge is 0.0654 e. The molecule has 0 aliphatic carbocycles. The summed E-state index contributed by atoms with van der Waals surface area (Å²) in [6.45, 7) is 23.7. The summed E-state index contributed by atoms with van der Waals surface area (Å²) in [5.74, 6) is 3.88. The summed E-state index contributed by atoms with van der Waals surface area (Å²) >= 11 is 0. The minimum absolute atomic E-state index is 0.470. The lowest BCUT2D eigenvalue weighted by Crippen LogP contribution is -2.29. The van der Waals surface area contributed by atoms with Crippen molar-refractivity contribution in [3.63, 3.8) is 0 Å². The lowest BCUT2D eigenvalue weighted by Gasteiger charge is -2.38. The Labute approximate surface area is 213 Å². The summed E-state index contributed by atoms with van der Waals surface area (Å²) in [5.41, 5.74) is 0.470. The van der Waals surface area contributed by atoms with E-state index >= 15 is 0 Å². The normalized spacial score (nSPS) is 13.0. The van der Waals surface area contributed by atoms with E-state index < -0.39 is 0 Å². The van der Waals surface area contributed by atoms with E-state index in [9.17, 15) is 0 Å². The second-order valence-corrected chi connectivity index (χ2v) is 12.6. The molecule has 0 rings (SSSR count). The molecule has 0 aliphatic rings.